The van der Waals surface area contributed by atoms with Gasteiger partial charge in [0.2, 0.25) is 5.91 Å². The first-order valence-corrected chi connectivity index (χ1v) is 12.9. The highest BCUT2D eigenvalue weighted by Crippen LogP contribution is 2.24. The summed E-state index contributed by atoms with van der Waals surface area (Å²) in [5, 5.41) is 3.01. The van der Waals surface area contributed by atoms with Gasteiger partial charge in [-0.2, -0.15) is 8.42 Å². The fourth-order valence-corrected chi connectivity index (χ4v) is 5.34. The predicted octanol–water partition coefficient (Wildman–Crippen LogP) is 4.16. The highest BCUT2D eigenvalue weighted by atomic mass is 32.2. The second-order valence-electron chi connectivity index (χ2n) is 8.71. The van der Waals surface area contributed by atoms with Crippen molar-refractivity contribution in [2.75, 3.05) is 13.1 Å². The van der Waals surface area contributed by atoms with E-state index in [1.165, 1.54) is 24.3 Å². The van der Waals surface area contributed by atoms with Crippen molar-refractivity contribution in [1.29, 1.82) is 0 Å². The van der Waals surface area contributed by atoms with Gasteiger partial charge in [-0.25, -0.2) is 0 Å². The normalized spacial score (nSPS) is 14.6. The molecule has 1 saturated heterocycles. The van der Waals surface area contributed by atoms with E-state index in [2.05, 4.69) is 5.32 Å². The summed E-state index contributed by atoms with van der Waals surface area (Å²) in [4.78, 5) is 27.0. The van der Waals surface area contributed by atoms with E-state index in [0.717, 1.165) is 17.5 Å². The summed E-state index contributed by atoms with van der Waals surface area (Å²) in [6.07, 6.45) is 1.35. The highest BCUT2D eigenvalue weighted by Gasteiger charge is 2.26. The van der Waals surface area contributed by atoms with Crippen LogP contribution in [0.5, 0.6) is 5.75 Å². The van der Waals surface area contributed by atoms with Gasteiger partial charge in [0, 0.05) is 25.1 Å². The molecule has 1 unspecified atom stereocenters. The summed E-state index contributed by atoms with van der Waals surface area (Å²) in [7, 11) is -4.01. The van der Waals surface area contributed by atoms with Gasteiger partial charge in [-0.3, -0.25) is 9.59 Å². The topological polar surface area (TPSA) is 92.8 Å². The van der Waals surface area contributed by atoms with Crippen LogP contribution in [0.1, 0.15) is 45.9 Å². The van der Waals surface area contributed by atoms with E-state index in [-0.39, 0.29) is 28.5 Å². The standard InChI is InChI=1S/C27H28N2O5S/c1-19-10-11-20(2)25(17-19)35(32,33)34-23-14-12-22(13-15-23)27(31)28-24(21-7-4-3-5-8-21)18-29-16-6-9-26(29)30/h3-5,7-8,10-15,17,24H,6,9,16,18H2,1-2H3,(H,28,31). The molecule has 1 aliphatic heterocycles. The lowest BCUT2D eigenvalue weighted by Gasteiger charge is -2.25. The lowest BCUT2D eigenvalue weighted by molar-refractivity contribution is -0.128. The molecule has 1 N–H and O–H groups in total. The molecule has 7 nitrogen and oxygen atoms in total. The monoisotopic (exact) mass is 492 g/mol. The Labute approximate surface area is 205 Å². The number of rotatable bonds is 8. The predicted molar refractivity (Wildman–Crippen MR) is 133 cm³/mol. The van der Waals surface area contributed by atoms with Gasteiger partial charge >= 0.3 is 10.1 Å². The number of carbonyl (C=O) groups is 2. The SMILES string of the molecule is Cc1ccc(C)c(S(=O)(=O)Oc2ccc(C(=O)NC(CN3CCCC3=O)c3ccccc3)cc2)c1. The molecule has 0 bridgehead atoms. The summed E-state index contributed by atoms with van der Waals surface area (Å²) in [6.45, 7) is 4.60. The zero-order valence-electron chi connectivity index (χ0n) is 19.7. The van der Waals surface area contributed by atoms with Crippen LogP contribution in [-0.2, 0) is 14.9 Å². The van der Waals surface area contributed by atoms with E-state index in [1.807, 2.05) is 43.3 Å². The van der Waals surface area contributed by atoms with Crippen LogP contribution in [0.4, 0.5) is 0 Å². The largest absolute Gasteiger partial charge is 0.379 e. The van der Waals surface area contributed by atoms with E-state index in [0.29, 0.717) is 30.6 Å². The lowest BCUT2D eigenvalue weighted by Crippen LogP contribution is -2.38. The minimum atomic E-state index is -4.01. The molecule has 35 heavy (non-hydrogen) atoms. The molecule has 8 heteroatoms. The Morgan fingerprint density at radius 3 is 2.40 bits per heavy atom. The van der Waals surface area contributed by atoms with Crippen molar-refractivity contribution in [3.63, 3.8) is 0 Å². The van der Waals surface area contributed by atoms with Gasteiger partial charge in [0.25, 0.3) is 5.91 Å². The molecular weight excluding hydrogens is 464 g/mol. The molecule has 182 valence electrons. The zero-order chi connectivity index (χ0) is 25.0. The molecule has 3 aromatic rings. The molecule has 0 aliphatic carbocycles. The minimum absolute atomic E-state index is 0.0896. The second kappa shape index (κ2) is 10.3. The van der Waals surface area contributed by atoms with Crippen LogP contribution in [0, 0.1) is 13.8 Å². The summed E-state index contributed by atoms with van der Waals surface area (Å²) in [5.41, 5.74) is 2.67. The Hall–Kier alpha value is -3.65. The molecule has 0 spiro atoms. The number of nitrogens with zero attached hydrogens (tertiary/aromatic N) is 1. The molecule has 1 atom stereocenters. The van der Waals surface area contributed by atoms with E-state index in [4.69, 9.17) is 4.18 Å². The van der Waals surface area contributed by atoms with Crippen LogP contribution in [0.25, 0.3) is 0 Å². The van der Waals surface area contributed by atoms with Gasteiger partial charge in [0.15, 0.2) is 0 Å². The van der Waals surface area contributed by atoms with Crippen molar-refractivity contribution >= 4 is 21.9 Å². The van der Waals surface area contributed by atoms with Crippen molar-refractivity contribution in [3.05, 3.63) is 95.1 Å². The maximum Gasteiger partial charge on any atom is 0.339 e. The van der Waals surface area contributed by atoms with Crippen molar-refractivity contribution in [2.24, 2.45) is 0 Å². The number of likely N-dealkylation sites (tertiary alicyclic amines) is 1. The van der Waals surface area contributed by atoms with Crippen molar-refractivity contribution in [2.45, 2.75) is 37.6 Å². The molecule has 1 aliphatic rings. The van der Waals surface area contributed by atoms with Crippen LogP contribution in [0.3, 0.4) is 0 Å². The summed E-state index contributed by atoms with van der Waals surface area (Å²) < 4.78 is 30.8. The van der Waals surface area contributed by atoms with Crippen molar-refractivity contribution in [3.8, 4) is 5.75 Å². The van der Waals surface area contributed by atoms with Gasteiger partial charge in [-0.1, -0.05) is 42.5 Å². The van der Waals surface area contributed by atoms with Crippen LogP contribution >= 0.6 is 0 Å². The van der Waals surface area contributed by atoms with Gasteiger partial charge in [-0.15, -0.1) is 0 Å². The van der Waals surface area contributed by atoms with E-state index in [9.17, 15) is 18.0 Å². The molecule has 0 aromatic heterocycles. The maximum absolute atomic E-state index is 13.0. The number of hydrogen-bond acceptors (Lipinski definition) is 5. The van der Waals surface area contributed by atoms with Crippen molar-refractivity contribution in [1.82, 2.24) is 10.2 Å². The van der Waals surface area contributed by atoms with Crippen LogP contribution in [-0.4, -0.2) is 38.2 Å². The van der Waals surface area contributed by atoms with Crippen LogP contribution < -0.4 is 9.50 Å². The first-order chi connectivity index (χ1) is 16.7. The Morgan fingerprint density at radius 1 is 1.03 bits per heavy atom. The molecule has 0 radical (unpaired) electrons. The third kappa shape index (κ3) is 5.89. The summed E-state index contributed by atoms with van der Waals surface area (Å²) in [6, 6.07) is 20.2. The molecule has 4 rings (SSSR count). The van der Waals surface area contributed by atoms with E-state index in [1.54, 1.807) is 24.0 Å². The quantitative estimate of drug-likeness (QED) is 0.477. The van der Waals surface area contributed by atoms with Gasteiger partial charge in [0.05, 0.1) is 6.04 Å². The first-order valence-electron chi connectivity index (χ1n) is 11.5. The number of carbonyl (C=O) groups excluding carboxylic acids is 2. The Balaban J connectivity index is 1.48. The molecule has 3 aromatic carbocycles. The number of amides is 2. The average molecular weight is 493 g/mol. The van der Waals surface area contributed by atoms with Gasteiger partial charge < -0.3 is 14.4 Å². The molecule has 2 amide bonds. The molecule has 0 saturated carbocycles. The van der Waals surface area contributed by atoms with E-state index < -0.39 is 10.1 Å². The fraction of sp³-hybridized carbons (Fsp3) is 0.259. The van der Waals surface area contributed by atoms with E-state index >= 15 is 0 Å². The first kappa shape index (κ1) is 24.5. The second-order valence-corrected chi connectivity index (χ2v) is 10.2. The number of hydrogen-bond donors (Lipinski definition) is 1. The fourth-order valence-electron chi connectivity index (χ4n) is 4.09. The lowest BCUT2D eigenvalue weighted by atomic mass is 10.1. The number of nitrogens with one attached hydrogen (secondary N) is 1. The molecule has 1 fully saturated rings. The maximum atomic E-state index is 13.0. The smallest absolute Gasteiger partial charge is 0.339 e. The van der Waals surface area contributed by atoms with Crippen LogP contribution in [0.2, 0.25) is 0 Å². The zero-order valence-corrected chi connectivity index (χ0v) is 20.5. The summed E-state index contributed by atoms with van der Waals surface area (Å²) in [5.74, 6) is -0.120. The minimum Gasteiger partial charge on any atom is -0.379 e. The number of benzene rings is 3. The Bertz CT molecular complexity index is 1320. The molecular formula is C27H28N2O5S. The molecule has 1 heterocycles. The third-order valence-corrected chi connectivity index (χ3v) is 7.41. The Kier molecular flexibility index (Phi) is 7.21. The van der Waals surface area contributed by atoms with Crippen LogP contribution in [0.15, 0.2) is 77.7 Å². The Morgan fingerprint density at radius 2 is 1.74 bits per heavy atom. The average Bonchev–Trinajstić information content (AvgIpc) is 3.25. The van der Waals surface area contributed by atoms with Gasteiger partial charge in [0.1, 0.15) is 10.6 Å². The van der Waals surface area contributed by atoms with Crippen molar-refractivity contribution < 1.29 is 22.2 Å². The summed E-state index contributed by atoms with van der Waals surface area (Å²) >= 11 is 0. The third-order valence-electron chi connectivity index (χ3n) is 6.02. The number of aryl methyl sites for hydroxylation is 2. The highest BCUT2D eigenvalue weighted by molar-refractivity contribution is 7.87. The van der Waals surface area contributed by atoms with Gasteiger partial charge in [-0.05, 0) is 67.3 Å².